The van der Waals surface area contributed by atoms with Gasteiger partial charge in [0.05, 0.1) is 17.4 Å². The summed E-state index contributed by atoms with van der Waals surface area (Å²) >= 11 is 1.77. The Morgan fingerprint density at radius 1 is 1.40 bits per heavy atom. The maximum Gasteiger partial charge on any atom is 0.111 e. The number of hydrogen-bond donors (Lipinski definition) is 1. The van der Waals surface area contributed by atoms with E-state index in [9.17, 15) is 0 Å². The van der Waals surface area contributed by atoms with Crippen LogP contribution in [0.4, 0.5) is 0 Å². The van der Waals surface area contributed by atoms with Crippen LogP contribution in [-0.4, -0.2) is 45.8 Å². The van der Waals surface area contributed by atoms with Crippen molar-refractivity contribution in [3.63, 3.8) is 0 Å². The summed E-state index contributed by atoms with van der Waals surface area (Å²) in [5.74, 6) is 0. The molecule has 2 aromatic heterocycles. The lowest BCUT2D eigenvalue weighted by Crippen LogP contribution is -2.45. The Labute approximate surface area is 123 Å². The predicted octanol–water partition coefficient (Wildman–Crippen LogP) is 1.90. The average molecular weight is 291 g/mol. The number of rotatable bonds is 4. The number of piperazine rings is 1. The summed E-state index contributed by atoms with van der Waals surface area (Å²) in [6, 6.07) is 2.47. The van der Waals surface area contributed by atoms with Gasteiger partial charge < -0.3 is 5.32 Å². The molecule has 3 heterocycles. The van der Waals surface area contributed by atoms with Crippen LogP contribution in [0.2, 0.25) is 0 Å². The molecule has 0 radical (unpaired) electrons. The minimum Gasteiger partial charge on any atom is -0.314 e. The molecule has 1 fully saturated rings. The molecule has 20 heavy (non-hydrogen) atoms. The highest BCUT2D eigenvalue weighted by atomic mass is 32.1. The maximum atomic E-state index is 4.86. The molecule has 0 saturated carbocycles. The Morgan fingerprint density at radius 3 is 2.85 bits per heavy atom. The van der Waals surface area contributed by atoms with Gasteiger partial charge in [0.1, 0.15) is 5.01 Å². The summed E-state index contributed by atoms with van der Waals surface area (Å²) < 4.78 is 1.88. The molecule has 0 aliphatic carbocycles. The molecule has 0 spiro atoms. The van der Waals surface area contributed by atoms with Crippen LogP contribution in [-0.2, 0) is 7.05 Å². The van der Waals surface area contributed by atoms with Crippen LogP contribution in [0.5, 0.6) is 0 Å². The zero-order valence-electron chi connectivity index (χ0n) is 12.0. The minimum atomic E-state index is 0.448. The molecular formula is C14H21N5S. The van der Waals surface area contributed by atoms with Gasteiger partial charge in [0.2, 0.25) is 0 Å². The summed E-state index contributed by atoms with van der Waals surface area (Å²) in [6.07, 6.45) is 2.93. The molecule has 1 N–H and O–H groups in total. The highest BCUT2D eigenvalue weighted by Gasteiger charge is 2.23. The quantitative estimate of drug-likeness (QED) is 0.934. The highest BCUT2D eigenvalue weighted by molar-refractivity contribution is 7.10. The van der Waals surface area contributed by atoms with Crippen molar-refractivity contribution in [1.82, 2.24) is 25.0 Å². The average Bonchev–Trinajstić information content (AvgIpc) is 3.10. The van der Waals surface area contributed by atoms with Crippen molar-refractivity contribution in [3.05, 3.63) is 22.7 Å². The second-order valence-electron chi connectivity index (χ2n) is 5.12. The van der Waals surface area contributed by atoms with Gasteiger partial charge >= 0.3 is 0 Å². The third-order valence-corrected chi connectivity index (χ3v) is 4.82. The monoisotopic (exact) mass is 291 g/mol. The highest BCUT2D eigenvalue weighted by Crippen LogP contribution is 2.30. The van der Waals surface area contributed by atoms with Gasteiger partial charge in [0.25, 0.3) is 0 Å². The van der Waals surface area contributed by atoms with Crippen molar-refractivity contribution < 1.29 is 0 Å². The van der Waals surface area contributed by atoms with E-state index in [2.05, 4.69) is 27.6 Å². The zero-order chi connectivity index (χ0) is 13.9. The van der Waals surface area contributed by atoms with E-state index < -0.39 is 0 Å². The first-order valence-electron chi connectivity index (χ1n) is 7.18. The fourth-order valence-electron chi connectivity index (χ4n) is 2.77. The molecule has 108 valence electrons. The SMILES string of the molecule is CCC(c1nc(-c2ccnn2C)cs1)N1CCNCC1. The van der Waals surface area contributed by atoms with Gasteiger partial charge in [-0.05, 0) is 12.5 Å². The molecule has 0 aromatic carbocycles. The van der Waals surface area contributed by atoms with E-state index in [1.807, 2.05) is 24.0 Å². The van der Waals surface area contributed by atoms with Crippen LogP contribution in [0.3, 0.4) is 0 Å². The molecule has 6 heteroatoms. The Morgan fingerprint density at radius 2 is 2.20 bits per heavy atom. The fourth-order valence-corrected chi connectivity index (χ4v) is 3.80. The molecule has 0 bridgehead atoms. The van der Waals surface area contributed by atoms with Gasteiger partial charge in [-0.1, -0.05) is 6.92 Å². The molecule has 1 aliphatic heterocycles. The lowest BCUT2D eigenvalue weighted by Gasteiger charge is -2.33. The van der Waals surface area contributed by atoms with Crippen LogP contribution in [0.15, 0.2) is 17.6 Å². The van der Waals surface area contributed by atoms with E-state index in [1.165, 1.54) is 5.01 Å². The number of hydrogen-bond acceptors (Lipinski definition) is 5. The first-order chi connectivity index (χ1) is 9.79. The van der Waals surface area contributed by atoms with Crippen LogP contribution in [0, 0.1) is 0 Å². The van der Waals surface area contributed by atoms with E-state index in [1.54, 1.807) is 11.3 Å². The maximum absolute atomic E-state index is 4.86. The van der Waals surface area contributed by atoms with E-state index in [0.717, 1.165) is 44.0 Å². The number of aromatic nitrogens is 3. The Balaban J connectivity index is 1.82. The molecule has 2 aromatic rings. The summed E-state index contributed by atoms with van der Waals surface area (Å²) in [6.45, 7) is 6.63. The van der Waals surface area contributed by atoms with Gasteiger partial charge in [0.15, 0.2) is 0 Å². The number of thiazole rings is 1. The summed E-state index contributed by atoms with van der Waals surface area (Å²) in [5.41, 5.74) is 2.13. The van der Waals surface area contributed by atoms with Crippen molar-refractivity contribution in [2.75, 3.05) is 26.2 Å². The third kappa shape index (κ3) is 2.63. The van der Waals surface area contributed by atoms with E-state index in [4.69, 9.17) is 4.98 Å². The van der Waals surface area contributed by atoms with Crippen LogP contribution in [0.25, 0.3) is 11.4 Å². The second kappa shape index (κ2) is 6.03. The van der Waals surface area contributed by atoms with Crippen LogP contribution >= 0.6 is 11.3 Å². The van der Waals surface area contributed by atoms with E-state index >= 15 is 0 Å². The van der Waals surface area contributed by atoms with Gasteiger partial charge in [-0.2, -0.15) is 5.10 Å². The van der Waals surface area contributed by atoms with E-state index in [0.29, 0.717) is 6.04 Å². The van der Waals surface area contributed by atoms with E-state index in [-0.39, 0.29) is 0 Å². The largest absolute Gasteiger partial charge is 0.314 e. The van der Waals surface area contributed by atoms with Crippen molar-refractivity contribution in [2.45, 2.75) is 19.4 Å². The summed E-state index contributed by atoms with van der Waals surface area (Å²) in [4.78, 5) is 7.40. The predicted molar refractivity (Wildman–Crippen MR) is 81.8 cm³/mol. The zero-order valence-corrected chi connectivity index (χ0v) is 12.9. The van der Waals surface area contributed by atoms with Crippen LogP contribution < -0.4 is 5.32 Å². The third-order valence-electron chi connectivity index (χ3n) is 3.87. The molecular weight excluding hydrogens is 270 g/mol. The van der Waals surface area contributed by atoms with Crippen molar-refractivity contribution in [1.29, 1.82) is 0 Å². The number of aryl methyl sites for hydroxylation is 1. The first-order valence-corrected chi connectivity index (χ1v) is 8.06. The van der Waals surface area contributed by atoms with Gasteiger partial charge in [-0.15, -0.1) is 11.3 Å². The molecule has 3 rings (SSSR count). The molecule has 1 atom stereocenters. The normalized spacial score (nSPS) is 18.3. The Hall–Kier alpha value is -1.24. The standard InChI is InChI=1S/C14H21N5S/c1-3-12(19-8-6-15-7-9-19)14-17-11(10-20-14)13-4-5-16-18(13)2/h4-5,10,12,15H,3,6-9H2,1-2H3. The van der Waals surface area contributed by atoms with Gasteiger partial charge in [-0.25, -0.2) is 4.98 Å². The molecule has 0 amide bonds. The fraction of sp³-hybridized carbons (Fsp3) is 0.571. The molecule has 1 saturated heterocycles. The summed E-state index contributed by atoms with van der Waals surface area (Å²) in [5, 5.41) is 11.0. The molecule has 1 aliphatic rings. The van der Waals surface area contributed by atoms with Crippen molar-refractivity contribution in [2.24, 2.45) is 7.05 Å². The van der Waals surface area contributed by atoms with Crippen LogP contribution in [0.1, 0.15) is 24.4 Å². The Kier molecular flexibility index (Phi) is 4.14. The smallest absolute Gasteiger partial charge is 0.111 e. The lowest BCUT2D eigenvalue weighted by molar-refractivity contribution is 0.169. The van der Waals surface area contributed by atoms with Gasteiger partial charge in [-0.3, -0.25) is 9.58 Å². The van der Waals surface area contributed by atoms with Crippen molar-refractivity contribution in [3.8, 4) is 11.4 Å². The minimum absolute atomic E-state index is 0.448. The Bertz CT molecular complexity index is 555. The first kappa shape index (κ1) is 13.7. The second-order valence-corrected chi connectivity index (χ2v) is 6.01. The molecule has 1 unspecified atom stereocenters. The van der Waals surface area contributed by atoms with Gasteiger partial charge in [0, 0.05) is 44.8 Å². The van der Waals surface area contributed by atoms with Crippen molar-refractivity contribution >= 4 is 11.3 Å². The molecule has 5 nitrogen and oxygen atoms in total. The number of nitrogens with zero attached hydrogens (tertiary/aromatic N) is 4. The number of nitrogens with one attached hydrogen (secondary N) is 1. The summed E-state index contributed by atoms with van der Waals surface area (Å²) in [7, 11) is 1.96. The lowest BCUT2D eigenvalue weighted by atomic mass is 10.2. The topological polar surface area (TPSA) is 46.0 Å².